The molecule has 6 nitrogen and oxygen atoms in total. The normalized spacial score (nSPS) is 11.5. The van der Waals surface area contributed by atoms with Crippen LogP contribution in [0.25, 0.3) is 0 Å². The number of nitrogens with zero attached hydrogens (tertiary/aromatic N) is 1. The summed E-state index contributed by atoms with van der Waals surface area (Å²) in [4.78, 5) is 27.4. The van der Waals surface area contributed by atoms with Crippen LogP contribution in [-0.4, -0.2) is 43.0 Å². The first-order valence-corrected chi connectivity index (χ1v) is 10.9. The molecule has 168 valence electrons. The summed E-state index contributed by atoms with van der Waals surface area (Å²) in [6.07, 6.45) is 1.25. The van der Waals surface area contributed by atoms with Crippen molar-refractivity contribution in [2.24, 2.45) is 0 Å². The van der Waals surface area contributed by atoms with E-state index in [-0.39, 0.29) is 25.0 Å². The number of halogens is 2. The van der Waals surface area contributed by atoms with E-state index in [1.165, 1.54) is 12.0 Å². The fraction of sp³-hybridized carbons (Fsp3) is 0.391. The van der Waals surface area contributed by atoms with E-state index < -0.39 is 6.04 Å². The predicted octanol–water partition coefficient (Wildman–Crippen LogP) is 4.71. The first-order chi connectivity index (χ1) is 14.9. The van der Waals surface area contributed by atoms with Crippen molar-refractivity contribution < 1.29 is 19.1 Å². The minimum atomic E-state index is -0.660. The highest BCUT2D eigenvalue weighted by Crippen LogP contribution is 2.27. The Balaban J connectivity index is 2.26. The standard InChI is InChI=1S/C23H28Cl2N2O4/c1-4-12-26-23(29)19(5-2)27(14-16-10-11-17(24)13-18(16)25)22(28)15-31-21-9-7-6-8-20(21)30-3/h6-11,13,19H,4-5,12,14-15H2,1-3H3,(H,26,29)/t19-/m1/s1. The van der Waals surface area contributed by atoms with Crippen LogP contribution in [0.2, 0.25) is 10.0 Å². The lowest BCUT2D eigenvalue weighted by Gasteiger charge is -2.31. The molecule has 0 radical (unpaired) electrons. The van der Waals surface area contributed by atoms with Gasteiger partial charge in [-0.2, -0.15) is 0 Å². The summed E-state index contributed by atoms with van der Waals surface area (Å²) >= 11 is 12.3. The van der Waals surface area contributed by atoms with E-state index in [1.54, 1.807) is 36.4 Å². The minimum Gasteiger partial charge on any atom is -0.493 e. The summed E-state index contributed by atoms with van der Waals surface area (Å²) in [6.45, 7) is 4.28. The topological polar surface area (TPSA) is 67.9 Å². The summed E-state index contributed by atoms with van der Waals surface area (Å²) in [6, 6.07) is 11.5. The van der Waals surface area contributed by atoms with Crippen molar-refractivity contribution in [3.63, 3.8) is 0 Å². The van der Waals surface area contributed by atoms with E-state index in [1.807, 2.05) is 19.9 Å². The first kappa shape index (κ1) is 24.8. The number of ether oxygens (including phenoxy) is 2. The second-order valence-electron chi connectivity index (χ2n) is 6.91. The Kier molecular flexibility index (Phi) is 9.95. The van der Waals surface area contributed by atoms with E-state index in [2.05, 4.69) is 5.32 Å². The van der Waals surface area contributed by atoms with Gasteiger partial charge in [0.2, 0.25) is 5.91 Å². The highest BCUT2D eigenvalue weighted by atomic mass is 35.5. The van der Waals surface area contributed by atoms with Gasteiger partial charge >= 0.3 is 0 Å². The number of hydrogen-bond donors (Lipinski definition) is 1. The number of carbonyl (C=O) groups is 2. The minimum absolute atomic E-state index is 0.155. The molecule has 0 bridgehead atoms. The lowest BCUT2D eigenvalue weighted by atomic mass is 10.1. The Morgan fingerprint density at radius 2 is 1.81 bits per heavy atom. The van der Waals surface area contributed by atoms with Crippen LogP contribution in [0.4, 0.5) is 0 Å². The SMILES string of the molecule is CCCNC(=O)[C@@H](CC)N(Cc1ccc(Cl)cc1Cl)C(=O)COc1ccccc1OC. The Bertz CT molecular complexity index is 892. The second-order valence-corrected chi connectivity index (χ2v) is 7.76. The van der Waals surface area contributed by atoms with Crippen LogP contribution < -0.4 is 14.8 Å². The fourth-order valence-corrected chi connectivity index (χ4v) is 3.55. The maximum Gasteiger partial charge on any atom is 0.261 e. The fourth-order valence-electron chi connectivity index (χ4n) is 3.08. The summed E-state index contributed by atoms with van der Waals surface area (Å²) < 4.78 is 11.0. The number of benzene rings is 2. The zero-order valence-electron chi connectivity index (χ0n) is 18.0. The van der Waals surface area contributed by atoms with E-state index in [0.717, 1.165) is 6.42 Å². The van der Waals surface area contributed by atoms with Crippen LogP contribution in [0.3, 0.4) is 0 Å². The molecule has 0 heterocycles. The Morgan fingerprint density at radius 1 is 1.10 bits per heavy atom. The predicted molar refractivity (Wildman–Crippen MR) is 123 cm³/mol. The van der Waals surface area contributed by atoms with Crippen molar-refractivity contribution in [1.82, 2.24) is 10.2 Å². The number of nitrogens with one attached hydrogen (secondary N) is 1. The Labute approximate surface area is 193 Å². The monoisotopic (exact) mass is 466 g/mol. The maximum atomic E-state index is 13.2. The number of methoxy groups -OCH3 is 1. The molecule has 0 aliphatic carbocycles. The van der Waals surface area contributed by atoms with Crippen LogP contribution in [0.5, 0.6) is 11.5 Å². The molecule has 0 unspecified atom stereocenters. The van der Waals surface area contributed by atoms with Crippen LogP contribution in [0, 0.1) is 0 Å². The van der Waals surface area contributed by atoms with Crippen LogP contribution >= 0.6 is 23.2 Å². The number of hydrogen-bond acceptors (Lipinski definition) is 4. The first-order valence-electron chi connectivity index (χ1n) is 10.2. The zero-order chi connectivity index (χ0) is 22.8. The van der Waals surface area contributed by atoms with Crippen molar-refractivity contribution in [3.8, 4) is 11.5 Å². The Hall–Kier alpha value is -2.44. The molecule has 2 aromatic rings. The molecule has 2 amide bonds. The van der Waals surface area contributed by atoms with Crippen LogP contribution in [0.15, 0.2) is 42.5 Å². The summed E-state index contributed by atoms with van der Waals surface area (Å²) in [5.41, 5.74) is 0.693. The quantitative estimate of drug-likeness (QED) is 0.520. The molecule has 0 fully saturated rings. The van der Waals surface area contributed by atoms with Gasteiger partial charge in [0.05, 0.1) is 7.11 Å². The number of para-hydroxylation sites is 2. The molecule has 0 aliphatic rings. The van der Waals surface area contributed by atoms with E-state index >= 15 is 0 Å². The third-order valence-corrected chi connectivity index (χ3v) is 5.30. The molecule has 1 atom stereocenters. The van der Waals surface area contributed by atoms with E-state index in [4.69, 9.17) is 32.7 Å². The highest BCUT2D eigenvalue weighted by molar-refractivity contribution is 6.35. The molecule has 0 saturated carbocycles. The van der Waals surface area contributed by atoms with Gasteiger partial charge in [0.1, 0.15) is 6.04 Å². The highest BCUT2D eigenvalue weighted by Gasteiger charge is 2.29. The molecular formula is C23H28Cl2N2O4. The van der Waals surface area contributed by atoms with Gasteiger partial charge < -0.3 is 19.7 Å². The third kappa shape index (κ3) is 7.04. The average Bonchev–Trinajstić information content (AvgIpc) is 2.77. The maximum absolute atomic E-state index is 13.2. The van der Waals surface area contributed by atoms with Gasteiger partial charge in [0.25, 0.3) is 5.91 Å². The molecule has 1 N–H and O–H groups in total. The molecule has 2 aromatic carbocycles. The van der Waals surface area contributed by atoms with Crippen molar-refractivity contribution in [3.05, 3.63) is 58.1 Å². The molecular weight excluding hydrogens is 439 g/mol. The van der Waals surface area contributed by atoms with Gasteiger partial charge in [-0.05, 0) is 42.7 Å². The zero-order valence-corrected chi connectivity index (χ0v) is 19.5. The largest absolute Gasteiger partial charge is 0.493 e. The van der Waals surface area contributed by atoms with Gasteiger partial charge in [-0.3, -0.25) is 9.59 Å². The smallest absolute Gasteiger partial charge is 0.261 e. The number of amides is 2. The lowest BCUT2D eigenvalue weighted by Crippen LogP contribution is -2.50. The van der Waals surface area contributed by atoms with Gasteiger partial charge in [-0.15, -0.1) is 0 Å². The van der Waals surface area contributed by atoms with Crippen molar-refractivity contribution in [2.75, 3.05) is 20.3 Å². The van der Waals surface area contributed by atoms with Gasteiger partial charge in [0.15, 0.2) is 18.1 Å². The van der Waals surface area contributed by atoms with Gasteiger partial charge in [0, 0.05) is 23.1 Å². The molecule has 2 rings (SSSR count). The van der Waals surface area contributed by atoms with Crippen molar-refractivity contribution >= 4 is 35.0 Å². The van der Waals surface area contributed by atoms with Crippen LogP contribution in [-0.2, 0) is 16.1 Å². The third-order valence-electron chi connectivity index (χ3n) is 4.71. The van der Waals surface area contributed by atoms with Crippen LogP contribution in [0.1, 0.15) is 32.3 Å². The van der Waals surface area contributed by atoms with E-state index in [0.29, 0.717) is 40.1 Å². The molecule has 0 aliphatic heterocycles. The van der Waals surface area contributed by atoms with Crippen molar-refractivity contribution in [2.45, 2.75) is 39.3 Å². The second kappa shape index (κ2) is 12.4. The summed E-state index contributed by atoms with van der Waals surface area (Å²) in [5.74, 6) is 0.428. The molecule has 31 heavy (non-hydrogen) atoms. The lowest BCUT2D eigenvalue weighted by molar-refractivity contribution is -0.143. The average molecular weight is 467 g/mol. The van der Waals surface area contributed by atoms with E-state index in [9.17, 15) is 9.59 Å². The summed E-state index contributed by atoms with van der Waals surface area (Å²) in [7, 11) is 1.53. The molecule has 0 saturated heterocycles. The summed E-state index contributed by atoms with van der Waals surface area (Å²) in [5, 5.41) is 3.80. The number of rotatable bonds is 11. The molecule has 0 aromatic heterocycles. The van der Waals surface area contributed by atoms with Gasteiger partial charge in [-0.1, -0.05) is 55.2 Å². The Morgan fingerprint density at radius 3 is 2.42 bits per heavy atom. The van der Waals surface area contributed by atoms with Crippen molar-refractivity contribution in [1.29, 1.82) is 0 Å². The molecule has 8 heteroatoms. The molecule has 0 spiro atoms. The number of carbonyl (C=O) groups excluding carboxylic acids is 2. The van der Waals surface area contributed by atoms with Gasteiger partial charge in [-0.25, -0.2) is 0 Å².